The summed E-state index contributed by atoms with van der Waals surface area (Å²) in [6.45, 7) is 43.9. The van der Waals surface area contributed by atoms with Gasteiger partial charge in [-0.05, 0) is 196 Å². The van der Waals surface area contributed by atoms with Crippen molar-refractivity contribution >= 4 is 61.0 Å². The van der Waals surface area contributed by atoms with Crippen molar-refractivity contribution in [1.82, 2.24) is 28.7 Å². The molecular formula is C84H88N6O2. The zero-order chi connectivity index (χ0) is 65.5. The normalized spacial score (nSPS) is 17.2. The lowest BCUT2D eigenvalue weighted by atomic mass is 9.59. The van der Waals surface area contributed by atoms with E-state index in [0.717, 1.165) is 128 Å². The van der Waals surface area contributed by atoms with Gasteiger partial charge in [0.2, 0.25) is 0 Å². The summed E-state index contributed by atoms with van der Waals surface area (Å²) in [6.07, 6.45) is 2.11. The number of hydrogen-bond acceptors (Lipinski definition) is 6. The first-order valence-electron chi connectivity index (χ1n) is 33.1. The lowest BCUT2D eigenvalue weighted by molar-refractivity contribution is -0.114. The second kappa shape index (κ2) is 20.1. The van der Waals surface area contributed by atoms with Crippen molar-refractivity contribution in [2.24, 2.45) is 10.8 Å². The molecule has 8 heteroatoms. The van der Waals surface area contributed by atoms with Gasteiger partial charge in [0.25, 0.3) is 0 Å². The average molecular weight is 1210 g/mol. The number of imidazole rings is 2. The number of allylic oxidation sites excluding steroid dienone is 2. The van der Waals surface area contributed by atoms with Gasteiger partial charge in [-0.2, -0.15) is 0 Å². The molecule has 0 saturated heterocycles. The van der Waals surface area contributed by atoms with E-state index in [-0.39, 0.29) is 61.3 Å². The maximum Gasteiger partial charge on any atom is 0.159 e. The second-order valence-corrected chi connectivity index (χ2v) is 32.2. The molecule has 8 aromatic carbocycles. The van der Waals surface area contributed by atoms with Gasteiger partial charge in [-0.1, -0.05) is 210 Å². The van der Waals surface area contributed by atoms with Gasteiger partial charge in [-0.3, -0.25) is 13.6 Å². The standard InChI is InChI=1S/C84H88N6O2/c1-48(91)38-55(92)35-32-49-26-20-21-27-56(49)52-39-53(59-30-24-22-28-57(59)50-33-36-61-67(42-50)87-75(77(2,3)4)89-71-46-65-63(44-69(71)85-73(61)89)79(8,9)83(16,17)81(65,12)13)41-54(40-52)60-31-25-23-29-58(60)51-34-37-62-68(43-51)88-76(78(5,6)7)90-72-47-66-64(45-70(72)86-74(62)90)80(10,11)84(18,19)82(66,14)15/h20-31,33-34,36-47,91H,32,35H2,1-19H3. The SMILES string of the molecule is CC(O)=CC(=O)CCc1ccccc1-c1cc(-c2ccccc2-c2ccc3c(c2)nc(C(C)(C)C)n2c4cc5c(cc4nc32)C(C)(C)C(C)(C)C5(C)C)cc(-c2ccccc2-c2ccc3c(c2)nc(C(C)(C)C)n2c4cc5c(cc4nc32)C(C)(C)C(C)(C)C5(C)C)c1. The Hall–Kier alpha value is -8.75. The number of aliphatic hydroxyl groups excluding tert-OH is 1. The van der Waals surface area contributed by atoms with Crippen molar-refractivity contribution < 1.29 is 9.90 Å². The fourth-order valence-electron chi connectivity index (χ4n) is 16.0. The topological polar surface area (TPSA) is 97.7 Å². The quantitative estimate of drug-likeness (QED) is 0.114. The fraction of sp³-hybridized carbons (Fsp3) is 0.345. The van der Waals surface area contributed by atoms with Crippen LogP contribution in [0.5, 0.6) is 0 Å². The lowest BCUT2D eigenvalue weighted by Crippen LogP contribution is -2.42. The number of carbonyl (C=O) groups is 1. The van der Waals surface area contributed by atoms with Crippen LogP contribution in [0.3, 0.4) is 0 Å². The van der Waals surface area contributed by atoms with Crippen molar-refractivity contribution in [2.45, 2.75) is 177 Å². The van der Waals surface area contributed by atoms with Crippen LogP contribution in [-0.4, -0.2) is 39.6 Å². The van der Waals surface area contributed by atoms with Crippen molar-refractivity contribution in [3.8, 4) is 55.6 Å². The summed E-state index contributed by atoms with van der Waals surface area (Å²) < 4.78 is 4.68. The van der Waals surface area contributed by atoms with Crippen LogP contribution in [-0.2, 0) is 43.7 Å². The summed E-state index contributed by atoms with van der Waals surface area (Å²) >= 11 is 0. The van der Waals surface area contributed by atoms with Crippen molar-refractivity contribution in [3.05, 3.63) is 203 Å². The Morgan fingerprint density at radius 3 is 1.15 bits per heavy atom. The molecule has 466 valence electrons. The molecule has 14 rings (SSSR count). The number of ketones is 1. The highest BCUT2D eigenvalue weighted by molar-refractivity contribution is 6.02. The molecule has 2 aliphatic rings. The van der Waals surface area contributed by atoms with Crippen LogP contribution in [0.4, 0.5) is 0 Å². The van der Waals surface area contributed by atoms with Gasteiger partial charge >= 0.3 is 0 Å². The van der Waals surface area contributed by atoms with Crippen molar-refractivity contribution in [1.29, 1.82) is 0 Å². The molecule has 2 aliphatic carbocycles. The zero-order valence-corrected chi connectivity index (χ0v) is 57.5. The Morgan fingerprint density at radius 1 is 0.424 bits per heavy atom. The summed E-state index contributed by atoms with van der Waals surface area (Å²) in [4.78, 5) is 35.5. The first kappa shape index (κ1) is 60.8. The molecular weight excluding hydrogens is 1120 g/mol. The Kier molecular flexibility index (Phi) is 13.3. The molecule has 8 nitrogen and oxygen atoms in total. The fourth-order valence-corrected chi connectivity index (χ4v) is 16.0. The van der Waals surface area contributed by atoms with Gasteiger partial charge in [-0.15, -0.1) is 0 Å². The highest BCUT2D eigenvalue weighted by Crippen LogP contribution is 2.63. The molecule has 0 saturated carbocycles. The van der Waals surface area contributed by atoms with Crippen LogP contribution in [0.1, 0.15) is 177 Å². The lowest BCUT2D eigenvalue weighted by Gasteiger charge is -2.44. The third-order valence-electron chi connectivity index (χ3n) is 23.6. The predicted octanol–water partition coefficient (Wildman–Crippen LogP) is 21.5. The molecule has 0 unspecified atom stereocenters. The van der Waals surface area contributed by atoms with Gasteiger partial charge in [0.1, 0.15) is 22.9 Å². The van der Waals surface area contributed by atoms with E-state index in [2.05, 4.69) is 279 Å². The summed E-state index contributed by atoms with van der Waals surface area (Å²) in [6, 6.07) is 55.9. The highest BCUT2D eigenvalue weighted by Gasteiger charge is 2.58. The maximum atomic E-state index is 13.2. The number of carbonyl (C=O) groups excluding carboxylic acids is 1. The van der Waals surface area contributed by atoms with Crippen LogP contribution in [0.15, 0.2) is 163 Å². The average Bonchev–Trinajstić information content (AvgIpc) is 1.53. The summed E-state index contributed by atoms with van der Waals surface area (Å²) in [5.74, 6) is 1.85. The number of benzene rings is 8. The smallest absolute Gasteiger partial charge is 0.159 e. The number of aryl methyl sites for hydroxylation is 1. The van der Waals surface area contributed by atoms with Gasteiger partial charge < -0.3 is 5.11 Å². The van der Waals surface area contributed by atoms with E-state index >= 15 is 0 Å². The van der Waals surface area contributed by atoms with E-state index in [1.807, 2.05) is 6.07 Å². The van der Waals surface area contributed by atoms with Crippen molar-refractivity contribution in [3.63, 3.8) is 0 Å². The number of aliphatic hydroxyl groups is 1. The molecule has 0 spiro atoms. The predicted molar refractivity (Wildman–Crippen MR) is 384 cm³/mol. The molecule has 1 N–H and O–H groups in total. The van der Waals surface area contributed by atoms with E-state index in [0.29, 0.717) is 6.42 Å². The second-order valence-electron chi connectivity index (χ2n) is 32.2. The van der Waals surface area contributed by atoms with Crippen LogP contribution < -0.4 is 0 Å². The summed E-state index contributed by atoms with van der Waals surface area (Å²) in [7, 11) is 0. The minimum absolute atomic E-state index is 0.0131. The van der Waals surface area contributed by atoms with E-state index in [9.17, 15) is 9.90 Å². The molecule has 0 atom stereocenters. The third kappa shape index (κ3) is 8.84. The van der Waals surface area contributed by atoms with Crippen LogP contribution in [0, 0.1) is 10.8 Å². The largest absolute Gasteiger partial charge is 0.512 e. The minimum atomic E-state index is -0.305. The first-order chi connectivity index (χ1) is 43.1. The number of aromatic nitrogens is 6. The highest BCUT2D eigenvalue weighted by atomic mass is 16.3. The Balaban J connectivity index is 0.933. The molecule has 12 aromatic rings. The monoisotopic (exact) mass is 1210 g/mol. The van der Waals surface area contributed by atoms with Gasteiger partial charge in [-0.25, -0.2) is 19.9 Å². The number of hydrogen-bond donors (Lipinski definition) is 1. The van der Waals surface area contributed by atoms with E-state index < -0.39 is 0 Å². The van der Waals surface area contributed by atoms with Crippen LogP contribution in [0.25, 0.3) is 111 Å². The van der Waals surface area contributed by atoms with Gasteiger partial charge in [0, 0.05) is 34.1 Å². The Labute approximate surface area is 542 Å². The van der Waals surface area contributed by atoms with Crippen LogP contribution in [0.2, 0.25) is 0 Å². The van der Waals surface area contributed by atoms with Gasteiger partial charge in [0.15, 0.2) is 5.78 Å². The number of rotatable bonds is 9. The molecule has 0 fully saturated rings. The van der Waals surface area contributed by atoms with E-state index in [1.165, 1.54) is 28.3 Å². The summed E-state index contributed by atoms with van der Waals surface area (Å²) in [5, 5.41) is 12.1. The van der Waals surface area contributed by atoms with Crippen LogP contribution >= 0.6 is 0 Å². The molecule has 0 bridgehead atoms. The molecule has 92 heavy (non-hydrogen) atoms. The number of nitrogens with zero attached hydrogens (tertiary/aromatic N) is 6. The Morgan fingerprint density at radius 2 is 0.772 bits per heavy atom. The first-order valence-corrected chi connectivity index (χ1v) is 33.1. The molecule has 0 aliphatic heterocycles. The van der Waals surface area contributed by atoms with Crippen molar-refractivity contribution in [2.75, 3.05) is 0 Å². The molecule has 0 radical (unpaired) electrons. The molecule has 0 amide bonds. The minimum Gasteiger partial charge on any atom is -0.512 e. The Bertz CT molecular complexity index is 4890. The molecule has 4 aromatic heterocycles. The van der Waals surface area contributed by atoms with Gasteiger partial charge in [0.05, 0.1) is 38.9 Å². The summed E-state index contributed by atoms with van der Waals surface area (Å²) in [5.41, 5.74) is 24.3. The van der Waals surface area contributed by atoms with E-state index in [1.54, 1.807) is 6.92 Å². The maximum absolute atomic E-state index is 13.2. The molecule has 4 heterocycles. The zero-order valence-electron chi connectivity index (χ0n) is 57.5. The van der Waals surface area contributed by atoms with E-state index in [4.69, 9.17) is 19.9 Å². The number of fused-ring (bicyclic) bond motifs is 12. The third-order valence-corrected chi connectivity index (χ3v) is 23.6.